The van der Waals surface area contributed by atoms with Crippen LogP contribution in [0.3, 0.4) is 0 Å². The Morgan fingerprint density at radius 2 is 1.93 bits per heavy atom. The molecule has 0 spiro atoms. The van der Waals surface area contributed by atoms with Gasteiger partial charge in [0.15, 0.2) is 0 Å². The fourth-order valence-electron chi connectivity index (χ4n) is 2.70. The molecule has 1 atom stereocenters. The summed E-state index contributed by atoms with van der Waals surface area (Å²) in [5.74, 6) is 1.28. The molecule has 0 saturated heterocycles. The van der Waals surface area contributed by atoms with Crippen LogP contribution in [-0.2, 0) is 0 Å². The molecule has 1 unspecified atom stereocenters. The minimum absolute atomic E-state index is 0.368. The van der Waals surface area contributed by atoms with Gasteiger partial charge in [-0.3, -0.25) is 0 Å². The molecular formula is C13H27NO. The fraction of sp³-hybridized carbons (Fsp3) is 1.00. The van der Waals surface area contributed by atoms with Gasteiger partial charge in [-0.2, -0.15) is 0 Å². The van der Waals surface area contributed by atoms with E-state index in [0.717, 1.165) is 18.9 Å². The number of aliphatic hydroxyl groups excluding tert-OH is 1. The first-order valence-corrected chi connectivity index (χ1v) is 6.34. The van der Waals surface area contributed by atoms with Crippen molar-refractivity contribution in [1.29, 1.82) is 0 Å². The third-order valence-electron chi connectivity index (χ3n) is 4.05. The third kappa shape index (κ3) is 4.12. The maximum Gasteiger partial charge on any atom is 0.0462 e. The monoisotopic (exact) mass is 213 g/mol. The van der Waals surface area contributed by atoms with Crippen LogP contribution < -0.4 is 5.32 Å². The van der Waals surface area contributed by atoms with Crippen LogP contribution in [0.15, 0.2) is 0 Å². The molecule has 15 heavy (non-hydrogen) atoms. The predicted molar refractivity (Wildman–Crippen MR) is 64.9 cm³/mol. The Kier molecular flexibility index (Phi) is 5.07. The van der Waals surface area contributed by atoms with Crippen LogP contribution in [0.4, 0.5) is 0 Å². The van der Waals surface area contributed by atoms with Crippen molar-refractivity contribution in [2.45, 2.75) is 46.0 Å². The molecule has 0 bridgehead atoms. The zero-order valence-electron chi connectivity index (χ0n) is 10.6. The fourth-order valence-corrected chi connectivity index (χ4v) is 2.70. The minimum atomic E-state index is 0.368. The summed E-state index contributed by atoms with van der Waals surface area (Å²) < 4.78 is 0. The van der Waals surface area contributed by atoms with E-state index in [2.05, 4.69) is 19.2 Å². The van der Waals surface area contributed by atoms with Gasteiger partial charge in [0.2, 0.25) is 0 Å². The molecule has 0 aromatic rings. The quantitative estimate of drug-likeness (QED) is 0.735. The zero-order chi connectivity index (χ0) is 11.3. The summed E-state index contributed by atoms with van der Waals surface area (Å²) in [4.78, 5) is 0. The van der Waals surface area contributed by atoms with Crippen molar-refractivity contribution >= 4 is 0 Å². The van der Waals surface area contributed by atoms with Crippen LogP contribution >= 0.6 is 0 Å². The molecular weight excluding hydrogens is 186 g/mol. The first-order chi connectivity index (χ1) is 7.09. The number of hydrogen-bond donors (Lipinski definition) is 2. The highest BCUT2D eigenvalue weighted by atomic mass is 16.3. The normalized spacial score (nSPS) is 24.0. The van der Waals surface area contributed by atoms with E-state index in [9.17, 15) is 5.11 Å². The summed E-state index contributed by atoms with van der Waals surface area (Å²) >= 11 is 0. The first-order valence-electron chi connectivity index (χ1n) is 6.34. The average molecular weight is 213 g/mol. The third-order valence-corrected chi connectivity index (χ3v) is 4.05. The second kappa shape index (κ2) is 5.86. The summed E-state index contributed by atoms with van der Waals surface area (Å²) in [7, 11) is 1.98. The molecule has 0 aliphatic heterocycles. The molecule has 1 fully saturated rings. The smallest absolute Gasteiger partial charge is 0.0462 e. The van der Waals surface area contributed by atoms with Gasteiger partial charge in [0.1, 0.15) is 0 Å². The second-order valence-corrected chi connectivity index (χ2v) is 5.84. The lowest BCUT2D eigenvalue weighted by Gasteiger charge is -2.37. The van der Waals surface area contributed by atoms with Crippen molar-refractivity contribution in [1.82, 2.24) is 5.32 Å². The summed E-state index contributed by atoms with van der Waals surface area (Å²) in [5, 5.41) is 12.6. The molecule has 0 aromatic carbocycles. The van der Waals surface area contributed by atoms with E-state index in [-0.39, 0.29) is 0 Å². The Morgan fingerprint density at radius 3 is 2.40 bits per heavy atom. The molecule has 2 nitrogen and oxygen atoms in total. The Bertz CT molecular complexity index is 169. The lowest BCUT2D eigenvalue weighted by atomic mass is 9.69. The highest BCUT2D eigenvalue weighted by Gasteiger charge is 2.30. The lowest BCUT2D eigenvalue weighted by molar-refractivity contribution is 0.100. The van der Waals surface area contributed by atoms with Gasteiger partial charge in [0.25, 0.3) is 0 Å². The van der Waals surface area contributed by atoms with Gasteiger partial charge in [-0.1, -0.05) is 13.8 Å². The Hall–Kier alpha value is -0.0800. The largest absolute Gasteiger partial charge is 0.396 e. The van der Waals surface area contributed by atoms with Crippen LogP contribution in [-0.4, -0.2) is 25.3 Å². The molecule has 1 aliphatic rings. The van der Waals surface area contributed by atoms with Crippen LogP contribution in [0.25, 0.3) is 0 Å². The first kappa shape index (κ1) is 13.0. The van der Waals surface area contributed by atoms with E-state index in [0.29, 0.717) is 17.9 Å². The van der Waals surface area contributed by atoms with Crippen LogP contribution in [0, 0.1) is 17.3 Å². The van der Waals surface area contributed by atoms with Gasteiger partial charge in [-0.25, -0.2) is 0 Å². The standard InChI is InChI=1S/C13H27NO/c1-13(2)7-4-11(5-8-13)12(10-15)6-9-14-3/h11-12,14-15H,4-10H2,1-3H3. The predicted octanol–water partition coefficient (Wildman–Crippen LogP) is 2.42. The minimum Gasteiger partial charge on any atom is -0.396 e. The number of rotatable bonds is 5. The maximum atomic E-state index is 9.41. The van der Waals surface area contributed by atoms with Crippen LogP contribution in [0.1, 0.15) is 46.0 Å². The topological polar surface area (TPSA) is 32.3 Å². The molecule has 2 heteroatoms. The summed E-state index contributed by atoms with van der Waals surface area (Å²) in [6, 6.07) is 0. The molecule has 90 valence electrons. The Labute approximate surface area is 94.5 Å². The van der Waals surface area contributed by atoms with E-state index < -0.39 is 0 Å². The molecule has 1 saturated carbocycles. The van der Waals surface area contributed by atoms with Gasteiger partial charge in [0, 0.05) is 6.61 Å². The van der Waals surface area contributed by atoms with E-state index in [1.54, 1.807) is 0 Å². The number of aliphatic hydroxyl groups is 1. The van der Waals surface area contributed by atoms with Crippen molar-refractivity contribution in [3.05, 3.63) is 0 Å². The molecule has 2 N–H and O–H groups in total. The lowest BCUT2D eigenvalue weighted by Crippen LogP contribution is -2.29. The second-order valence-electron chi connectivity index (χ2n) is 5.84. The molecule has 0 heterocycles. The molecule has 1 rings (SSSR count). The molecule has 1 aliphatic carbocycles. The SMILES string of the molecule is CNCCC(CO)C1CCC(C)(C)CC1. The zero-order valence-corrected chi connectivity index (χ0v) is 10.6. The average Bonchev–Trinajstić information content (AvgIpc) is 2.21. The van der Waals surface area contributed by atoms with Crippen LogP contribution in [0.5, 0.6) is 0 Å². The van der Waals surface area contributed by atoms with Crippen molar-refractivity contribution in [3.8, 4) is 0 Å². The van der Waals surface area contributed by atoms with Crippen molar-refractivity contribution in [3.63, 3.8) is 0 Å². The highest BCUT2D eigenvalue weighted by molar-refractivity contribution is 4.82. The van der Waals surface area contributed by atoms with Gasteiger partial charge in [-0.05, 0) is 62.9 Å². The van der Waals surface area contributed by atoms with E-state index in [4.69, 9.17) is 0 Å². The van der Waals surface area contributed by atoms with Crippen molar-refractivity contribution in [2.75, 3.05) is 20.2 Å². The number of hydrogen-bond acceptors (Lipinski definition) is 2. The van der Waals surface area contributed by atoms with E-state index >= 15 is 0 Å². The highest BCUT2D eigenvalue weighted by Crippen LogP contribution is 2.41. The number of nitrogens with one attached hydrogen (secondary N) is 1. The van der Waals surface area contributed by atoms with Gasteiger partial charge < -0.3 is 10.4 Å². The van der Waals surface area contributed by atoms with Gasteiger partial charge in [0.05, 0.1) is 0 Å². The van der Waals surface area contributed by atoms with Crippen molar-refractivity contribution in [2.24, 2.45) is 17.3 Å². The van der Waals surface area contributed by atoms with E-state index in [1.165, 1.54) is 25.7 Å². The molecule has 0 aromatic heterocycles. The molecule has 0 radical (unpaired) electrons. The summed E-state index contributed by atoms with van der Waals surface area (Å²) in [6.45, 7) is 6.13. The van der Waals surface area contributed by atoms with Gasteiger partial charge >= 0.3 is 0 Å². The summed E-state index contributed by atoms with van der Waals surface area (Å²) in [5.41, 5.74) is 0.541. The maximum absolute atomic E-state index is 9.41. The van der Waals surface area contributed by atoms with E-state index in [1.807, 2.05) is 7.05 Å². The van der Waals surface area contributed by atoms with Crippen molar-refractivity contribution < 1.29 is 5.11 Å². The Balaban J connectivity index is 2.35. The Morgan fingerprint density at radius 1 is 1.33 bits per heavy atom. The summed E-state index contributed by atoms with van der Waals surface area (Å²) in [6.07, 6.45) is 6.39. The van der Waals surface area contributed by atoms with Gasteiger partial charge in [-0.15, -0.1) is 0 Å². The molecule has 0 amide bonds. The van der Waals surface area contributed by atoms with Crippen LogP contribution in [0.2, 0.25) is 0 Å².